The molecule has 94 valence electrons. The molecule has 0 saturated heterocycles. The van der Waals surface area contributed by atoms with Crippen LogP contribution in [-0.2, 0) is 11.2 Å². The fraction of sp³-hybridized carbons (Fsp3) is 0.500. The van der Waals surface area contributed by atoms with Crippen LogP contribution in [0.3, 0.4) is 0 Å². The highest BCUT2D eigenvalue weighted by Gasteiger charge is 2.08. The quantitative estimate of drug-likeness (QED) is 0.793. The summed E-state index contributed by atoms with van der Waals surface area (Å²) >= 11 is 3.50. The number of halogens is 1. The number of Topliss-reactive ketones (excluding diaryl/α,β-unsaturated/α-hetero) is 1. The Morgan fingerprint density at radius 2 is 2.18 bits per heavy atom. The van der Waals surface area contributed by atoms with Crippen molar-refractivity contribution in [3.63, 3.8) is 0 Å². The summed E-state index contributed by atoms with van der Waals surface area (Å²) in [6, 6.07) is 6.11. The second-order valence-corrected chi connectivity index (χ2v) is 5.27. The molecule has 1 unspecified atom stereocenters. The number of ether oxygens (including phenoxy) is 1. The maximum absolute atomic E-state index is 11.0. The van der Waals surface area contributed by atoms with Crippen LogP contribution in [0.15, 0.2) is 22.7 Å². The van der Waals surface area contributed by atoms with Gasteiger partial charge in [-0.25, -0.2) is 0 Å². The van der Waals surface area contributed by atoms with Gasteiger partial charge in [-0.3, -0.25) is 0 Å². The maximum Gasteiger partial charge on any atom is 0.133 e. The third-order valence-corrected chi connectivity index (χ3v) is 3.14. The van der Waals surface area contributed by atoms with Gasteiger partial charge in [0.2, 0.25) is 0 Å². The summed E-state index contributed by atoms with van der Waals surface area (Å²) < 4.78 is 6.44. The van der Waals surface area contributed by atoms with Crippen LogP contribution in [-0.4, -0.2) is 12.4 Å². The van der Waals surface area contributed by atoms with E-state index in [1.54, 1.807) is 6.92 Å². The second-order valence-electron chi connectivity index (χ2n) is 4.41. The van der Waals surface area contributed by atoms with Crippen LogP contribution >= 0.6 is 15.9 Å². The second kappa shape index (κ2) is 6.80. The SMILES string of the molecule is CCOc1ccc(CC(C)CC(C)=O)cc1Br. The summed E-state index contributed by atoms with van der Waals surface area (Å²) in [6.45, 7) is 6.38. The van der Waals surface area contributed by atoms with E-state index in [1.165, 1.54) is 5.56 Å². The van der Waals surface area contributed by atoms with Crippen molar-refractivity contribution in [1.82, 2.24) is 0 Å². The lowest BCUT2D eigenvalue weighted by Gasteiger charge is -2.11. The molecule has 0 amide bonds. The first-order chi connectivity index (χ1) is 8.02. The van der Waals surface area contributed by atoms with Gasteiger partial charge in [-0.15, -0.1) is 0 Å². The van der Waals surface area contributed by atoms with E-state index in [1.807, 2.05) is 13.0 Å². The number of ketones is 1. The minimum Gasteiger partial charge on any atom is -0.493 e. The zero-order valence-corrected chi connectivity index (χ0v) is 12.2. The average Bonchev–Trinajstić information content (AvgIpc) is 2.21. The Morgan fingerprint density at radius 3 is 2.71 bits per heavy atom. The van der Waals surface area contributed by atoms with Crippen molar-refractivity contribution < 1.29 is 9.53 Å². The van der Waals surface area contributed by atoms with E-state index in [2.05, 4.69) is 35.0 Å². The van der Waals surface area contributed by atoms with E-state index < -0.39 is 0 Å². The van der Waals surface area contributed by atoms with Crippen LogP contribution in [0, 0.1) is 5.92 Å². The number of hydrogen-bond donors (Lipinski definition) is 0. The monoisotopic (exact) mass is 298 g/mol. The van der Waals surface area contributed by atoms with Gasteiger partial charge in [0.05, 0.1) is 11.1 Å². The molecule has 3 heteroatoms. The average molecular weight is 299 g/mol. The van der Waals surface area contributed by atoms with Crippen LogP contribution in [0.1, 0.15) is 32.8 Å². The molecule has 0 saturated carbocycles. The largest absolute Gasteiger partial charge is 0.493 e. The molecule has 1 atom stereocenters. The predicted molar refractivity (Wildman–Crippen MR) is 73.5 cm³/mol. The number of benzene rings is 1. The molecule has 0 N–H and O–H groups in total. The molecule has 0 aliphatic rings. The summed E-state index contributed by atoms with van der Waals surface area (Å²) in [6.07, 6.45) is 1.56. The first kappa shape index (κ1) is 14.2. The van der Waals surface area contributed by atoms with Crippen LogP contribution in [0.2, 0.25) is 0 Å². The molecule has 1 rings (SSSR count). The Morgan fingerprint density at radius 1 is 1.47 bits per heavy atom. The summed E-state index contributed by atoms with van der Waals surface area (Å²) in [5, 5.41) is 0. The Bertz CT molecular complexity index is 388. The molecule has 0 fully saturated rings. The van der Waals surface area contributed by atoms with Crippen molar-refractivity contribution >= 4 is 21.7 Å². The van der Waals surface area contributed by atoms with E-state index in [9.17, 15) is 4.79 Å². The minimum atomic E-state index is 0.252. The van der Waals surface area contributed by atoms with Gasteiger partial charge in [0.1, 0.15) is 11.5 Å². The topological polar surface area (TPSA) is 26.3 Å². The number of rotatable bonds is 6. The van der Waals surface area contributed by atoms with Gasteiger partial charge in [-0.05, 0) is 59.8 Å². The van der Waals surface area contributed by atoms with Crippen molar-refractivity contribution in [1.29, 1.82) is 0 Å². The summed E-state index contributed by atoms with van der Waals surface area (Å²) in [5.74, 6) is 1.51. The highest BCUT2D eigenvalue weighted by molar-refractivity contribution is 9.10. The van der Waals surface area contributed by atoms with Crippen LogP contribution < -0.4 is 4.74 Å². The predicted octanol–water partition coefficient (Wildman–Crippen LogP) is 4.01. The van der Waals surface area contributed by atoms with Gasteiger partial charge in [-0.1, -0.05) is 13.0 Å². The Balaban J connectivity index is 2.66. The number of hydrogen-bond acceptors (Lipinski definition) is 2. The molecule has 1 aromatic rings. The molecule has 0 heterocycles. The lowest BCUT2D eigenvalue weighted by Crippen LogP contribution is -2.05. The van der Waals surface area contributed by atoms with Crippen LogP contribution in [0.25, 0.3) is 0 Å². The summed E-state index contributed by atoms with van der Waals surface area (Å²) in [4.78, 5) is 11.0. The van der Waals surface area contributed by atoms with E-state index >= 15 is 0 Å². The van der Waals surface area contributed by atoms with E-state index in [0.717, 1.165) is 16.6 Å². The molecule has 0 aliphatic heterocycles. The summed E-state index contributed by atoms with van der Waals surface area (Å²) in [5.41, 5.74) is 1.23. The Kier molecular flexibility index (Phi) is 5.69. The van der Waals surface area contributed by atoms with Gasteiger partial charge >= 0.3 is 0 Å². The molecule has 0 aliphatic carbocycles. The molecule has 2 nitrogen and oxygen atoms in total. The fourth-order valence-electron chi connectivity index (χ4n) is 1.91. The van der Waals surface area contributed by atoms with Crippen molar-refractivity contribution in [2.75, 3.05) is 6.61 Å². The van der Waals surface area contributed by atoms with Gasteiger partial charge in [-0.2, -0.15) is 0 Å². The van der Waals surface area contributed by atoms with Crippen LogP contribution in [0.4, 0.5) is 0 Å². The highest BCUT2D eigenvalue weighted by atomic mass is 79.9. The molecule has 1 aromatic carbocycles. The molecule has 0 aromatic heterocycles. The Labute approximate surface area is 111 Å². The third-order valence-electron chi connectivity index (χ3n) is 2.52. The van der Waals surface area contributed by atoms with E-state index in [0.29, 0.717) is 18.9 Å². The molecular weight excluding hydrogens is 280 g/mol. The van der Waals surface area contributed by atoms with Crippen molar-refractivity contribution in [2.24, 2.45) is 5.92 Å². The molecule has 0 bridgehead atoms. The van der Waals surface area contributed by atoms with E-state index in [4.69, 9.17) is 4.74 Å². The first-order valence-electron chi connectivity index (χ1n) is 5.93. The molecule has 0 spiro atoms. The Hall–Kier alpha value is -0.830. The normalized spacial score (nSPS) is 12.2. The fourth-order valence-corrected chi connectivity index (χ4v) is 2.45. The number of carbonyl (C=O) groups excluding carboxylic acids is 1. The van der Waals surface area contributed by atoms with Crippen molar-refractivity contribution in [3.8, 4) is 5.75 Å². The molecule has 17 heavy (non-hydrogen) atoms. The zero-order valence-electron chi connectivity index (χ0n) is 10.6. The minimum absolute atomic E-state index is 0.252. The van der Waals surface area contributed by atoms with Gasteiger partial charge in [0, 0.05) is 6.42 Å². The number of carbonyl (C=O) groups is 1. The lowest BCUT2D eigenvalue weighted by atomic mass is 9.96. The standard InChI is InChI=1S/C14H19BrO2/c1-4-17-14-6-5-12(9-13(14)15)8-10(2)7-11(3)16/h5-6,9-10H,4,7-8H2,1-3H3. The third kappa shape index (κ3) is 4.90. The van der Waals surface area contributed by atoms with Crippen molar-refractivity contribution in [2.45, 2.75) is 33.6 Å². The highest BCUT2D eigenvalue weighted by Crippen LogP contribution is 2.27. The molecule has 0 radical (unpaired) electrons. The zero-order chi connectivity index (χ0) is 12.8. The lowest BCUT2D eigenvalue weighted by molar-refractivity contribution is -0.117. The maximum atomic E-state index is 11.0. The van der Waals surface area contributed by atoms with Crippen LogP contribution in [0.5, 0.6) is 5.75 Å². The van der Waals surface area contributed by atoms with Gasteiger partial charge in [0.15, 0.2) is 0 Å². The van der Waals surface area contributed by atoms with E-state index in [-0.39, 0.29) is 5.78 Å². The van der Waals surface area contributed by atoms with Gasteiger partial charge in [0.25, 0.3) is 0 Å². The van der Waals surface area contributed by atoms with Crippen molar-refractivity contribution in [3.05, 3.63) is 28.2 Å². The first-order valence-corrected chi connectivity index (χ1v) is 6.72. The smallest absolute Gasteiger partial charge is 0.133 e. The summed E-state index contributed by atoms with van der Waals surface area (Å²) in [7, 11) is 0. The molecular formula is C14H19BrO2. The van der Waals surface area contributed by atoms with Gasteiger partial charge < -0.3 is 9.53 Å².